The molecule has 2 N–H and O–H groups in total. The third kappa shape index (κ3) is 4.02. The van der Waals surface area contributed by atoms with Gasteiger partial charge in [0, 0.05) is 12.0 Å². The molecule has 5 aliphatic rings. The molecule has 40 heavy (non-hydrogen) atoms. The number of ether oxygens (including phenoxy) is 1. The summed E-state index contributed by atoms with van der Waals surface area (Å²) in [6, 6.07) is 0. The van der Waals surface area contributed by atoms with Crippen molar-refractivity contribution in [3.8, 4) is 0 Å². The van der Waals surface area contributed by atoms with Crippen LogP contribution in [0.2, 0.25) is 0 Å². The number of carbonyl (C=O) groups excluding carboxylic acids is 1. The molecular formula is C35H56O5. The molecule has 0 radical (unpaired) electrons. The minimum absolute atomic E-state index is 0.00539. The number of hydrogen-bond acceptors (Lipinski definition) is 4. The second kappa shape index (κ2) is 9.85. The Kier molecular flexibility index (Phi) is 7.41. The van der Waals surface area contributed by atoms with Gasteiger partial charge in [0.15, 0.2) is 0 Å². The SMILES string of the molecule is C=C(C)[C@@H]1CC[C@]2(C(=O)O)CC[C@]3(C)[C@H](CC[C@@H]4[C@@]5(C)CC[C@H](OC(=O)C[C@H](C)CO)C(C)(C)[C@@H]5CC[C@]43C)[C@@H]12. The highest BCUT2D eigenvalue weighted by atomic mass is 16.5. The van der Waals surface area contributed by atoms with Gasteiger partial charge >= 0.3 is 11.9 Å². The van der Waals surface area contributed by atoms with Gasteiger partial charge in [-0.3, -0.25) is 9.59 Å². The zero-order valence-electron chi connectivity index (χ0n) is 26.4. The summed E-state index contributed by atoms with van der Waals surface area (Å²) < 4.78 is 6.14. The van der Waals surface area contributed by atoms with E-state index < -0.39 is 11.4 Å². The maximum atomic E-state index is 12.9. The van der Waals surface area contributed by atoms with E-state index in [-0.39, 0.29) is 58.6 Å². The number of aliphatic hydroxyl groups excluding tert-OH is 1. The molecule has 0 aliphatic heterocycles. The van der Waals surface area contributed by atoms with E-state index in [1.54, 1.807) is 0 Å². The zero-order valence-corrected chi connectivity index (χ0v) is 26.4. The summed E-state index contributed by atoms with van der Waals surface area (Å²) in [5.41, 5.74) is 0.977. The fourth-order valence-corrected chi connectivity index (χ4v) is 12.3. The van der Waals surface area contributed by atoms with Crippen molar-refractivity contribution in [2.45, 2.75) is 125 Å². The summed E-state index contributed by atoms with van der Waals surface area (Å²) in [4.78, 5) is 25.6. The van der Waals surface area contributed by atoms with Crippen molar-refractivity contribution < 1.29 is 24.5 Å². The van der Waals surface area contributed by atoms with Crippen molar-refractivity contribution in [3.63, 3.8) is 0 Å². The first-order valence-corrected chi connectivity index (χ1v) is 16.3. The monoisotopic (exact) mass is 556 g/mol. The summed E-state index contributed by atoms with van der Waals surface area (Å²) in [7, 11) is 0. The minimum atomic E-state index is -0.574. The van der Waals surface area contributed by atoms with E-state index in [2.05, 4.69) is 48.1 Å². The number of carboxylic acids is 1. The molecular weight excluding hydrogens is 500 g/mol. The minimum Gasteiger partial charge on any atom is -0.481 e. The highest BCUT2D eigenvalue weighted by Crippen LogP contribution is 2.77. The van der Waals surface area contributed by atoms with Crippen LogP contribution in [0.1, 0.15) is 119 Å². The summed E-state index contributed by atoms with van der Waals surface area (Å²) in [6.07, 6.45) is 10.4. The van der Waals surface area contributed by atoms with Crippen LogP contribution in [0.4, 0.5) is 0 Å². The second-order valence-electron chi connectivity index (χ2n) is 16.5. The third-order valence-electron chi connectivity index (χ3n) is 14.5. The van der Waals surface area contributed by atoms with Gasteiger partial charge in [0.25, 0.3) is 0 Å². The molecule has 0 saturated heterocycles. The van der Waals surface area contributed by atoms with Crippen LogP contribution in [0.5, 0.6) is 0 Å². The Morgan fingerprint density at radius 3 is 2.23 bits per heavy atom. The molecule has 5 fully saturated rings. The van der Waals surface area contributed by atoms with E-state index in [1.807, 2.05) is 6.92 Å². The number of hydrogen-bond donors (Lipinski definition) is 2. The lowest BCUT2D eigenvalue weighted by Gasteiger charge is -2.72. The van der Waals surface area contributed by atoms with E-state index in [0.29, 0.717) is 23.7 Å². The Balaban J connectivity index is 1.44. The normalized spacial score (nSPS) is 48.1. The lowest BCUT2D eigenvalue weighted by molar-refractivity contribution is -0.250. The van der Waals surface area contributed by atoms with Crippen LogP contribution >= 0.6 is 0 Å². The van der Waals surface area contributed by atoms with E-state index in [0.717, 1.165) is 51.4 Å². The van der Waals surface area contributed by atoms with Gasteiger partial charge in [-0.1, -0.05) is 53.7 Å². The van der Waals surface area contributed by atoms with Crippen LogP contribution in [0, 0.1) is 62.6 Å². The highest BCUT2D eigenvalue weighted by molar-refractivity contribution is 5.76. The molecule has 5 aliphatic carbocycles. The Hall–Kier alpha value is -1.36. The van der Waals surface area contributed by atoms with E-state index in [4.69, 9.17) is 4.74 Å². The topological polar surface area (TPSA) is 83.8 Å². The van der Waals surface area contributed by atoms with Crippen LogP contribution in [0.15, 0.2) is 12.2 Å². The zero-order chi connectivity index (χ0) is 29.5. The van der Waals surface area contributed by atoms with Gasteiger partial charge in [-0.15, -0.1) is 0 Å². The largest absolute Gasteiger partial charge is 0.481 e. The van der Waals surface area contributed by atoms with Gasteiger partial charge in [-0.25, -0.2) is 0 Å². The van der Waals surface area contributed by atoms with Crippen LogP contribution in [0.3, 0.4) is 0 Å². The number of carbonyl (C=O) groups is 2. The Morgan fingerprint density at radius 2 is 1.60 bits per heavy atom. The molecule has 5 saturated carbocycles. The lowest BCUT2D eigenvalue weighted by atomic mass is 9.32. The van der Waals surface area contributed by atoms with E-state index >= 15 is 0 Å². The number of esters is 1. The van der Waals surface area contributed by atoms with Crippen LogP contribution in [0.25, 0.3) is 0 Å². The van der Waals surface area contributed by atoms with Gasteiger partial charge in [0.1, 0.15) is 6.10 Å². The molecule has 0 amide bonds. The first-order chi connectivity index (χ1) is 18.6. The van der Waals surface area contributed by atoms with Crippen LogP contribution in [-0.2, 0) is 14.3 Å². The maximum absolute atomic E-state index is 12.9. The first kappa shape index (κ1) is 30.1. The van der Waals surface area contributed by atoms with E-state index in [9.17, 15) is 19.8 Å². The number of allylic oxidation sites excluding steroid dienone is 1. The molecule has 0 aromatic carbocycles. The van der Waals surface area contributed by atoms with Crippen molar-refractivity contribution in [1.82, 2.24) is 0 Å². The second-order valence-corrected chi connectivity index (χ2v) is 16.5. The maximum Gasteiger partial charge on any atom is 0.309 e. The smallest absolute Gasteiger partial charge is 0.309 e. The molecule has 0 aromatic heterocycles. The average molecular weight is 557 g/mol. The summed E-state index contributed by atoms with van der Waals surface area (Å²) in [6.45, 7) is 20.7. The van der Waals surface area contributed by atoms with Crippen LogP contribution in [-0.4, -0.2) is 34.9 Å². The summed E-state index contributed by atoms with van der Waals surface area (Å²) in [5, 5.41) is 20.0. The average Bonchev–Trinajstić information content (AvgIpc) is 3.27. The Labute approximate surface area is 242 Å². The van der Waals surface area contributed by atoms with Crippen molar-refractivity contribution in [1.29, 1.82) is 0 Å². The van der Waals surface area contributed by atoms with E-state index in [1.165, 1.54) is 18.4 Å². The molecule has 5 nitrogen and oxygen atoms in total. The number of aliphatic carboxylic acids is 1. The van der Waals surface area contributed by atoms with Gasteiger partial charge < -0.3 is 14.9 Å². The number of carboxylic acid groups (broad SMARTS) is 1. The molecule has 11 atom stereocenters. The molecule has 0 heterocycles. The van der Waals surface area contributed by atoms with Gasteiger partial charge in [0.05, 0.1) is 11.8 Å². The third-order valence-corrected chi connectivity index (χ3v) is 14.5. The summed E-state index contributed by atoms with van der Waals surface area (Å²) in [5.74, 6) is 1.22. The van der Waals surface area contributed by atoms with Crippen molar-refractivity contribution >= 4 is 11.9 Å². The summed E-state index contributed by atoms with van der Waals surface area (Å²) >= 11 is 0. The predicted octanol–water partition coefficient (Wildman–Crippen LogP) is 7.66. The Bertz CT molecular complexity index is 1050. The molecule has 5 heteroatoms. The predicted molar refractivity (Wildman–Crippen MR) is 157 cm³/mol. The van der Waals surface area contributed by atoms with Crippen molar-refractivity contribution in [2.24, 2.45) is 62.6 Å². The fraction of sp³-hybridized carbons (Fsp3) is 0.886. The molecule has 0 bridgehead atoms. The highest BCUT2D eigenvalue weighted by Gasteiger charge is 2.72. The quantitative estimate of drug-likeness (QED) is 0.259. The number of aliphatic hydroxyl groups is 1. The van der Waals surface area contributed by atoms with Crippen LogP contribution < -0.4 is 0 Å². The van der Waals surface area contributed by atoms with Gasteiger partial charge in [-0.2, -0.15) is 0 Å². The first-order valence-electron chi connectivity index (χ1n) is 16.3. The molecule has 226 valence electrons. The van der Waals surface area contributed by atoms with Crippen molar-refractivity contribution in [3.05, 3.63) is 12.2 Å². The Morgan fingerprint density at radius 1 is 0.900 bits per heavy atom. The fourth-order valence-electron chi connectivity index (χ4n) is 12.3. The van der Waals surface area contributed by atoms with Gasteiger partial charge in [0.2, 0.25) is 0 Å². The molecule has 0 unspecified atom stereocenters. The van der Waals surface area contributed by atoms with Crippen molar-refractivity contribution in [2.75, 3.05) is 6.61 Å². The van der Waals surface area contributed by atoms with Gasteiger partial charge in [-0.05, 0) is 123 Å². The molecule has 0 aromatic rings. The lowest BCUT2D eigenvalue weighted by Crippen LogP contribution is -2.67. The molecule has 5 rings (SSSR count). The standard InChI is InChI=1S/C35H56O5/c1-21(2)23-11-16-35(30(38)39)18-17-33(7)24(29(23)35)9-10-26-32(6)14-13-27(40-28(37)19-22(3)20-36)31(4,5)25(32)12-15-34(26,33)8/h22-27,29,36H,1,9-20H2,2-8H3,(H,38,39)/t22-,23-,24+,25-,26+,27-,29+,32-,33+,34+,35-/m0/s1. The molecule has 0 spiro atoms. The number of rotatable bonds is 6. The number of fused-ring (bicyclic) bond motifs is 7.